The van der Waals surface area contributed by atoms with Gasteiger partial charge in [0.1, 0.15) is 0 Å². The van der Waals surface area contributed by atoms with Crippen molar-refractivity contribution < 1.29 is 14.7 Å². The van der Waals surface area contributed by atoms with Crippen LogP contribution >= 0.6 is 11.8 Å². The quantitative estimate of drug-likeness (QED) is 0.635. The van der Waals surface area contributed by atoms with Gasteiger partial charge in [0.15, 0.2) is 0 Å². The summed E-state index contributed by atoms with van der Waals surface area (Å²) in [5.41, 5.74) is 1.24. The first-order valence-electron chi connectivity index (χ1n) is 6.48. The van der Waals surface area contributed by atoms with E-state index in [1.54, 1.807) is 36.0 Å². The molecule has 110 valence electrons. The second kappa shape index (κ2) is 9.39. The van der Waals surface area contributed by atoms with E-state index in [0.29, 0.717) is 17.8 Å². The van der Waals surface area contributed by atoms with Gasteiger partial charge in [0.05, 0.1) is 0 Å². The normalized spacial score (nSPS) is 10.1. The Bertz CT molecular complexity index is 435. The zero-order valence-electron chi connectivity index (χ0n) is 11.5. The molecule has 0 heterocycles. The van der Waals surface area contributed by atoms with Gasteiger partial charge in [-0.1, -0.05) is 0 Å². The van der Waals surface area contributed by atoms with Crippen molar-refractivity contribution in [1.29, 1.82) is 0 Å². The summed E-state index contributed by atoms with van der Waals surface area (Å²) in [5, 5.41) is 14.1. The monoisotopic (exact) mass is 296 g/mol. The number of nitrogens with one attached hydrogen (secondary N) is 2. The number of aliphatic hydroxyl groups excluding tert-OH is 1. The minimum Gasteiger partial charge on any atom is -0.396 e. The fourth-order valence-electron chi connectivity index (χ4n) is 1.52. The Labute approximate surface area is 123 Å². The van der Waals surface area contributed by atoms with E-state index in [1.807, 2.05) is 0 Å². The van der Waals surface area contributed by atoms with E-state index < -0.39 is 0 Å². The molecule has 2 amide bonds. The fraction of sp³-hybridized carbons (Fsp3) is 0.429. The number of rotatable bonds is 8. The molecule has 1 rings (SSSR count). The molecular weight excluding hydrogens is 276 g/mol. The molecule has 20 heavy (non-hydrogen) atoms. The Morgan fingerprint density at radius 2 is 1.90 bits per heavy atom. The van der Waals surface area contributed by atoms with Crippen molar-refractivity contribution in [2.45, 2.75) is 13.3 Å². The number of hydrogen-bond acceptors (Lipinski definition) is 4. The molecule has 0 aromatic heterocycles. The third-order valence-electron chi connectivity index (χ3n) is 2.45. The van der Waals surface area contributed by atoms with E-state index >= 15 is 0 Å². The van der Waals surface area contributed by atoms with E-state index in [-0.39, 0.29) is 18.4 Å². The van der Waals surface area contributed by atoms with Crippen LogP contribution < -0.4 is 10.6 Å². The summed E-state index contributed by atoms with van der Waals surface area (Å²) in [5.74, 6) is 1.47. The summed E-state index contributed by atoms with van der Waals surface area (Å²) >= 11 is 1.70. The highest BCUT2D eigenvalue weighted by atomic mass is 32.2. The molecule has 1 aromatic carbocycles. The maximum Gasteiger partial charge on any atom is 0.251 e. The average Bonchev–Trinajstić information content (AvgIpc) is 2.42. The van der Waals surface area contributed by atoms with Gasteiger partial charge in [-0.15, -0.1) is 0 Å². The molecular formula is C14H20N2O3S. The SMILES string of the molecule is CC(=O)Nc1ccc(C(=O)NCCSCCCO)cc1. The highest BCUT2D eigenvalue weighted by Gasteiger charge is 2.04. The summed E-state index contributed by atoms with van der Waals surface area (Å²) in [7, 11) is 0. The van der Waals surface area contributed by atoms with E-state index in [0.717, 1.165) is 17.9 Å². The van der Waals surface area contributed by atoms with Gasteiger partial charge in [0.25, 0.3) is 5.91 Å². The van der Waals surface area contributed by atoms with Crippen LogP contribution in [0.1, 0.15) is 23.7 Å². The lowest BCUT2D eigenvalue weighted by Crippen LogP contribution is -2.25. The molecule has 0 aliphatic rings. The number of thioether (sulfide) groups is 1. The van der Waals surface area contributed by atoms with Gasteiger partial charge in [-0.25, -0.2) is 0 Å². The molecule has 0 unspecified atom stereocenters. The van der Waals surface area contributed by atoms with Crippen molar-refractivity contribution in [3.8, 4) is 0 Å². The molecule has 0 atom stereocenters. The van der Waals surface area contributed by atoms with Crippen molar-refractivity contribution in [3.63, 3.8) is 0 Å². The first-order chi connectivity index (χ1) is 9.63. The molecule has 0 fully saturated rings. The van der Waals surface area contributed by atoms with Crippen molar-refractivity contribution in [2.24, 2.45) is 0 Å². The van der Waals surface area contributed by atoms with Crippen molar-refractivity contribution >= 4 is 29.3 Å². The fourth-order valence-corrected chi connectivity index (χ4v) is 2.30. The maximum atomic E-state index is 11.8. The van der Waals surface area contributed by atoms with Gasteiger partial charge in [0, 0.05) is 37.1 Å². The Morgan fingerprint density at radius 1 is 1.20 bits per heavy atom. The van der Waals surface area contributed by atoms with E-state index in [2.05, 4.69) is 10.6 Å². The van der Waals surface area contributed by atoms with Crippen LogP contribution in [0.5, 0.6) is 0 Å². The highest BCUT2D eigenvalue weighted by Crippen LogP contribution is 2.09. The van der Waals surface area contributed by atoms with Crippen LogP contribution in [0.2, 0.25) is 0 Å². The number of hydrogen-bond donors (Lipinski definition) is 3. The predicted molar refractivity (Wildman–Crippen MR) is 82.1 cm³/mol. The van der Waals surface area contributed by atoms with Crippen molar-refractivity contribution in [3.05, 3.63) is 29.8 Å². The lowest BCUT2D eigenvalue weighted by Gasteiger charge is -2.06. The van der Waals surface area contributed by atoms with Crippen LogP contribution in [-0.2, 0) is 4.79 Å². The van der Waals surface area contributed by atoms with Gasteiger partial charge >= 0.3 is 0 Å². The largest absolute Gasteiger partial charge is 0.396 e. The summed E-state index contributed by atoms with van der Waals surface area (Å²) in [6, 6.07) is 6.76. The number of anilines is 1. The molecule has 0 aliphatic carbocycles. The van der Waals surface area contributed by atoms with Crippen LogP contribution in [0.3, 0.4) is 0 Å². The molecule has 0 saturated carbocycles. The topological polar surface area (TPSA) is 78.4 Å². The molecule has 0 spiro atoms. The van der Waals surface area contributed by atoms with Gasteiger partial charge in [0.2, 0.25) is 5.91 Å². The van der Waals surface area contributed by atoms with Crippen LogP contribution in [0.25, 0.3) is 0 Å². The Balaban J connectivity index is 2.30. The number of aliphatic hydroxyl groups is 1. The second-order valence-corrected chi connectivity index (χ2v) is 5.43. The molecule has 6 heteroatoms. The van der Waals surface area contributed by atoms with Crippen LogP contribution in [-0.4, -0.2) is 41.6 Å². The molecule has 0 bridgehead atoms. The van der Waals surface area contributed by atoms with Gasteiger partial charge < -0.3 is 15.7 Å². The molecule has 1 aromatic rings. The third kappa shape index (κ3) is 6.58. The number of carbonyl (C=O) groups excluding carboxylic acids is 2. The van der Waals surface area contributed by atoms with Crippen molar-refractivity contribution in [2.75, 3.05) is 30.0 Å². The minimum absolute atomic E-state index is 0.123. The Hall–Kier alpha value is -1.53. The van der Waals surface area contributed by atoms with Gasteiger partial charge in [-0.05, 0) is 36.4 Å². The standard InChI is InChI=1S/C14H20N2O3S/c1-11(18)16-13-5-3-12(4-6-13)14(19)15-7-10-20-9-2-8-17/h3-6,17H,2,7-10H2,1H3,(H,15,19)(H,16,18). The molecule has 5 nitrogen and oxygen atoms in total. The Morgan fingerprint density at radius 3 is 2.50 bits per heavy atom. The molecule has 0 radical (unpaired) electrons. The summed E-state index contributed by atoms with van der Waals surface area (Å²) < 4.78 is 0. The third-order valence-corrected chi connectivity index (χ3v) is 3.52. The van der Waals surface area contributed by atoms with Crippen molar-refractivity contribution in [1.82, 2.24) is 5.32 Å². The summed E-state index contributed by atoms with van der Waals surface area (Å²) in [6.45, 7) is 2.25. The second-order valence-electron chi connectivity index (χ2n) is 4.20. The van der Waals surface area contributed by atoms with E-state index in [4.69, 9.17) is 5.11 Å². The van der Waals surface area contributed by atoms with Crippen LogP contribution in [0, 0.1) is 0 Å². The summed E-state index contributed by atoms with van der Waals surface area (Å²) in [4.78, 5) is 22.7. The van der Waals surface area contributed by atoms with Crippen LogP contribution in [0.4, 0.5) is 5.69 Å². The first-order valence-corrected chi connectivity index (χ1v) is 7.63. The van der Waals surface area contributed by atoms with E-state index in [1.165, 1.54) is 6.92 Å². The number of benzene rings is 1. The summed E-state index contributed by atoms with van der Waals surface area (Å²) in [6.07, 6.45) is 0.781. The lowest BCUT2D eigenvalue weighted by molar-refractivity contribution is -0.114. The highest BCUT2D eigenvalue weighted by molar-refractivity contribution is 7.99. The lowest BCUT2D eigenvalue weighted by atomic mass is 10.2. The zero-order valence-corrected chi connectivity index (χ0v) is 12.3. The molecule has 3 N–H and O–H groups in total. The van der Waals surface area contributed by atoms with Gasteiger partial charge in [-0.2, -0.15) is 11.8 Å². The van der Waals surface area contributed by atoms with Gasteiger partial charge in [-0.3, -0.25) is 9.59 Å². The minimum atomic E-state index is -0.137. The number of carbonyl (C=O) groups is 2. The maximum absolute atomic E-state index is 11.8. The van der Waals surface area contributed by atoms with E-state index in [9.17, 15) is 9.59 Å². The average molecular weight is 296 g/mol. The molecule has 0 saturated heterocycles. The predicted octanol–water partition coefficient (Wildman–Crippen LogP) is 1.49. The smallest absolute Gasteiger partial charge is 0.251 e. The first kappa shape index (κ1) is 16.5. The number of amides is 2. The Kier molecular flexibility index (Phi) is 7.75. The molecule has 0 aliphatic heterocycles. The zero-order chi connectivity index (χ0) is 14.8. The van der Waals surface area contributed by atoms with Crippen LogP contribution in [0.15, 0.2) is 24.3 Å².